The van der Waals surface area contributed by atoms with E-state index in [9.17, 15) is 0 Å². The smallest absolute Gasteiger partial charge is 0.163 e. The third-order valence-corrected chi connectivity index (χ3v) is 4.24. The molecule has 1 atom stereocenters. The minimum Gasteiger partial charge on any atom is -0.356 e. The Kier molecular flexibility index (Phi) is 5.59. The lowest BCUT2D eigenvalue weighted by atomic mass is 10.4. The molecule has 1 rings (SSSR count). The highest BCUT2D eigenvalue weighted by atomic mass is 28.3. The molecule has 1 heterocycles. The van der Waals surface area contributed by atoms with Crippen LogP contribution in [0.25, 0.3) is 0 Å². The van der Waals surface area contributed by atoms with Crippen molar-refractivity contribution in [2.45, 2.75) is 51.4 Å². The van der Waals surface area contributed by atoms with Gasteiger partial charge in [-0.25, -0.2) is 0 Å². The highest BCUT2D eigenvalue weighted by Gasteiger charge is 2.32. The first-order chi connectivity index (χ1) is 7.79. The molecule has 0 saturated carbocycles. The van der Waals surface area contributed by atoms with E-state index in [2.05, 4.69) is 19.6 Å². The number of hydrogen-bond donors (Lipinski definition) is 0. The summed E-state index contributed by atoms with van der Waals surface area (Å²) in [4.78, 5) is 0. The first-order valence-corrected chi connectivity index (χ1v) is 9.96. The van der Waals surface area contributed by atoms with Gasteiger partial charge in [-0.2, -0.15) is 0 Å². The molecule has 0 N–H and O–H groups in total. The zero-order valence-electron chi connectivity index (χ0n) is 11.7. The minimum absolute atomic E-state index is 0.0330. The van der Waals surface area contributed by atoms with Crippen molar-refractivity contribution in [1.82, 2.24) is 0 Å². The van der Waals surface area contributed by atoms with E-state index in [-0.39, 0.29) is 6.10 Å². The molecule has 4 nitrogen and oxygen atoms in total. The summed E-state index contributed by atoms with van der Waals surface area (Å²) in [5.74, 6) is -0.466. The van der Waals surface area contributed by atoms with Crippen LogP contribution in [0.2, 0.25) is 25.7 Å². The molecule has 1 saturated heterocycles. The summed E-state index contributed by atoms with van der Waals surface area (Å²) in [5.41, 5.74) is 0. The van der Waals surface area contributed by atoms with Crippen molar-refractivity contribution in [3.05, 3.63) is 0 Å². The monoisotopic (exact) mass is 262 g/mol. The lowest BCUT2D eigenvalue weighted by Gasteiger charge is -2.17. The van der Waals surface area contributed by atoms with E-state index >= 15 is 0 Å². The molecule has 1 aliphatic heterocycles. The summed E-state index contributed by atoms with van der Waals surface area (Å²) in [6, 6.07) is 1.17. The minimum atomic E-state index is -0.987. The highest BCUT2D eigenvalue weighted by molar-refractivity contribution is 6.76. The van der Waals surface area contributed by atoms with Crippen molar-refractivity contribution >= 4 is 8.07 Å². The maximum absolute atomic E-state index is 5.61. The second kappa shape index (κ2) is 6.29. The summed E-state index contributed by atoms with van der Waals surface area (Å²) in [7, 11) is -0.987. The molecular weight excluding hydrogens is 236 g/mol. The maximum atomic E-state index is 5.61. The maximum Gasteiger partial charge on any atom is 0.163 e. The van der Waals surface area contributed by atoms with E-state index in [0.29, 0.717) is 20.0 Å². The third kappa shape index (κ3) is 7.16. The fourth-order valence-electron chi connectivity index (χ4n) is 1.52. The van der Waals surface area contributed by atoms with Crippen LogP contribution in [0.3, 0.4) is 0 Å². The fraction of sp³-hybridized carbons (Fsp3) is 1.00. The van der Waals surface area contributed by atoms with Crippen LogP contribution in [0.1, 0.15) is 13.8 Å². The average Bonchev–Trinajstić information content (AvgIpc) is 2.50. The van der Waals surface area contributed by atoms with Crippen LogP contribution in [0.4, 0.5) is 0 Å². The normalized spacial score (nSPS) is 24.2. The van der Waals surface area contributed by atoms with E-state index in [4.69, 9.17) is 18.9 Å². The summed E-state index contributed by atoms with van der Waals surface area (Å²) in [5, 5.41) is 0. The largest absolute Gasteiger partial charge is 0.356 e. The van der Waals surface area contributed by atoms with Crippen molar-refractivity contribution < 1.29 is 18.9 Å². The second-order valence-electron chi connectivity index (χ2n) is 6.16. The predicted molar refractivity (Wildman–Crippen MR) is 69.8 cm³/mol. The molecule has 17 heavy (non-hydrogen) atoms. The molecule has 0 aliphatic carbocycles. The van der Waals surface area contributed by atoms with Gasteiger partial charge in [0, 0.05) is 14.7 Å². The first kappa shape index (κ1) is 15.1. The van der Waals surface area contributed by atoms with Crippen LogP contribution in [0, 0.1) is 0 Å². The number of rotatable bonds is 7. The Morgan fingerprint density at radius 1 is 1.24 bits per heavy atom. The summed E-state index contributed by atoms with van der Waals surface area (Å²) >= 11 is 0. The van der Waals surface area contributed by atoms with Gasteiger partial charge in [-0.15, -0.1) is 0 Å². The molecule has 0 aromatic carbocycles. The van der Waals surface area contributed by atoms with Gasteiger partial charge in [0.2, 0.25) is 0 Å². The molecule has 0 radical (unpaired) electrons. The van der Waals surface area contributed by atoms with Gasteiger partial charge >= 0.3 is 0 Å². The van der Waals surface area contributed by atoms with Crippen molar-refractivity contribution in [3.8, 4) is 0 Å². The van der Waals surface area contributed by atoms with Crippen molar-refractivity contribution in [2.75, 3.05) is 26.6 Å². The van der Waals surface area contributed by atoms with Gasteiger partial charge in [0.25, 0.3) is 0 Å². The molecule has 0 amide bonds. The predicted octanol–water partition coefficient (Wildman–Crippen LogP) is 2.47. The van der Waals surface area contributed by atoms with E-state index in [1.54, 1.807) is 0 Å². The van der Waals surface area contributed by atoms with Crippen LogP contribution in [0.15, 0.2) is 0 Å². The molecule has 5 heteroatoms. The summed E-state index contributed by atoms with van der Waals surface area (Å²) in [6.07, 6.45) is 0.0330. The van der Waals surface area contributed by atoms with Gasteiger partial charge in [-0.05, 0) is 19.9 Å². The Balaban J connectivity index is 1.95. The van der Waals surface area contributed by atoms with Crippen LogP contribution in [0.5, 0.6) is 0 Å². The highest BCUT2D eigenvalue weighted by Crippen LogP contribution is 2.22. The van der Waals surface area contributed by atoms with Crippen LogP contribution < -0.4 is 0 Å². The van der Waals surface area contributed by atoms with E-state index in [0.717, 1.165) is 6.61 Å². The Bertz CT molecular complexity index is 225. The Labute approximate surface area is 106 Å². The molecular formula is C12H26O4Si. The van der Waals surface area contributed by atoms with E-state index < -0.39 is 13.9 Å². The van der Waals surface area contributed by atoms with E-state index in [1.807, 2.05) is 13.8 Å². The van der Waals surface area contributed by atoms with Gasteiger partial charge in [0.15, 0.2) is 5.79 Å². The molecule has 0 aromatic rings. The van der Waals surface area contributed by atoms with Crippen LogP contribution in [-0.2, 0) is 18.9 Å². The molecule has 102 valence electrons. The third-order valence-electron chi connectivity index (χ3n) is 2.53. The quantitative estimate of drug-likeness (QED) is 0.401. The van der Waals surface area contributed by atoms with Gasteiger partial charge in [-0.1, -0.05) is 19.6 Å². The molecule has 1 fully saturated rings. The summed E-state index contributed by atoms with van der Waals surface area (Å²) < 4.78 is 21.9. The Morgan fingerprint density at radius 2 is 1.94 bits per heavy atom. The van der Waals surface area contributed by atoms with Crippen molar-refractivity contribution in [3.63, 3.8) is 0 Å². The average molecular weight is 262 g/mol. The summed E-state index contributed by atoms with van der Waals surface area (Å²) in [6.45, 7) is 13.1. The molecule has 0 spiro atoms. The standard InChI is InChI=1S/C12H26O4Si/c1-12(2)15-9-11(16-12)8-14-10-13-6-7-17(3,4)5/h11H,6-10H2,1-5H3/t11-/m1/s1. The lowest BCUT2D eigenvalue weighted by molar-refractivity contribution is -0.152. The fourth-order valence-corrected chi connectivity index (χ4v) is 2.28. The van der Waals surface area contributed by atoms with E-state index in [1.165, 1.54) is 6.04 Å². The molecule has 0 aromatic heterocycles. The topological polar surface area (TPSA) is 36.9 Å². The van der Waals surface area contributed by atoms with Gasteiger partial charge in [0.1, 0.15) is 12.9 Å². The van der Waals surface area contributed by atoms with Gasteiger partial charge < -0.3 is 18.9 Å². The lowest BCUT2D eigenvalue weighted by Crippen LogP contribution is -2.25. The molecule has 0 bridgehead atoms. The Hall–Kier alpha value is 0.0569. The van der Waals surface area contributed by atoms with Crippen LogP contribution in [-0.4, -0.2) is 46.6 Å². The molecule has 1 aliphatic rings. The van der Waals surface area contributed by atoms with Crippen molar-refractivity contribution in [1.29, 1.82) is 0 Å². The number of hydrogen-bond acceptors (Lipinski definition) is 4. The van der Waals surface area contributed by atoms with Crippen molar-refractivity contribution in [2.24, 2.45) is 0 Å². The zero-order valence-corrected chi connectivity index (χ0v) is 12.7. The second-order valence-corrected chi connectivity index (χ2v) is 11.8. The van der Waals surface area contributed by atoms with Gasteiger partial charge in [-0.3, -0.25) is 0 Å². The first-order valence-electron chi connectivity index (χ1n) is 6.26. The van der Waals surface area contributed by atoms with Crippen LogP contribution >= 0.6 is 0 Å². The SMILES string of the molecule is CC1(C)OC[C@@H](COCOCC[Si](C)(C)C)O1. The van der Waals surface area contributed by atoms with Gasteiger partial charge in [0.05, 0.1) is 13.2 Å². The number of ether oxygens (including phenoxy) is 4. The zero-order chi connectivity index (χ0) is 12.9. The molecule has 0 unspecified atom stereocenters. The Morgan fingerprint density at radius 3 is 2.47 bits per heavy atom.